The molecule has 0 aliphatic heterocycles. The van der Waals surface area contributed by atoms with Gasteiger partial charge in [0.25, 0.3) is 5.19 Å². The third-order valence-corrected chi connectivity index (χ3v) is 2.94. The van der Waals surface area contributed by atoms with Crippen molar-refractivity contribution in [1.29, 1.82) is 0 Å². The molecule has 0 fully saturated rings. The van der Waals surface area contributed by atoms with Gasteiger partial charge in [0.1, 0.15) is 12.4 Å². The van der Waals surface area contributed by atoms with Crippen molar-refractivity contribution in [3.63, 3.8) is 0 Å². The molecule has 2 rings (SSSR count). The Morgan fingerprint density at radius 3 is 2.47 bits per heavy atom. The van der Waals surface area contributed by atoms with E-state index >= 15 is 0 Å². The third kappa shape index (κ3) is 4.52. The van der Waals surface area contributed by atoms with Crippen LogP contribution in [0.15, 0.2) is 24.3 Å². The third-order valence-electron chi connectivity index (χ3n) is 1.94. The second kappa shape index (κ2) is 5.57. The lowest BCUT2D eigenvalue weighted by Gasteiger charge is -2.09. The number of H-pyrrole nitrogens is 1. The lowest BCUT2D eigenvalue weighted by molar-refractivity contribution is -0.274. The number of hydrogen-bond acceptors (Lipinski definition) is 5. The molecule has 0 radical (unpaired) electrons. The molecule has 102 valence electrons. The maximum atomic E-state index is 11.9. The Morgan fingerprint density at radius 2 is 1.95 bits per heavy atom. The van der Waals surface area contributed by atoms with Crippen molar-refractivity contribution in [2.24, 2.45) is 0 Å². The zero-order valence-electron chi connectivity index (χ0n) is 9.23. The first-order valence-electron chi connectivity index (χ1n) is 4.95. The zero-order valence-corrected chi connectivity index (χ0v) is 10.9. The minimum Gasteiger partial charge on any atom is -0.464 e. The molecule has 0 amide bonds. The van der Waals surface area contributed by atoms with E-state index < -0.39 is 6.36 Å². The van der Waals surface area contributed by atoms with Crippen LogP contribution < -0.4 is 9.47 Å². The van der Waals surface area contributed by atoms with Crippen LogP contribution in [0.1, 0.15) is 5.56 Å². The summed E-state index contributed by atoms with van der Waals surface area (Å²) >= 11 is 5.92. The highest BCUT2D eigenvalue weighted by atomic mass is 32.1. The molecule has 0 saturated heterocycles. The smallest absolute Gasteiger partial charge is 0.464 e. The summed E-state index contributed by atoms with van der Waals surface area (Å²) in [5.41, 5.74) is 0.690. The van der Waals surface area contributed by atoms with Gasteiger partial charge in [-0.05, 0) is 41.4 Å². The van der Waals surface area contributed by atoms with E-state index in [4.69, 9.17) is 17.0 Å². The second-order valence-electron chi connectivity index (χ2n) is 3.37. The van der Waals surface area contributed by atoms with Gasteiger partial charge in [-0.15, -0.1) is 13.2 Å². The highest BCUT2D eigenvalue weighted by Crippen LogP contribution is 2.23. The van der Waals surface area contributed by atoms with Crippen molar-refractivity contribution in [2.75, 3.05) is 0 Å². The number of aromatic nitrogens is 2. The van der Waals surface area contributed by atoms with Crippen molar-refractivity contribution in [3.8, 4) is 10.9 Å². The van der Waals surface area contributed by atoms with Crippen LogP contribution >= 0.6 is 23.8 Å². The summed E-state index contributed by atoms with van der Waals surface area (Å²) in [5, 5.41) is 0.376. The molecular formula is C10H7F3N2O2S2. The van der Waals surface area contributed by atoms with Gasteiger partial charge in [-0.2, -0.15) is 4.98 Å². The average Bonchev–Trinajstić information content (AvgIpc) is 2.72. The summed E-state index contributed by atoms with van der Waals surface area (Å²) in [5.74, 6) is -0.272. The summed E-state index contributed by atoms with van der Waals surface area (Å²) in [7, 11) is 0. The summed E-state index contributed by atoms with van der Waals surface area (Å²) in [6.07, 6.45) is -4.69. The van der Waals surface area contributed by atoms with E-state index in [1.54, 1.807) is 0 Å². The van der Waals surface area contributed by atoms with Crippen molar-refractivity contribution in [1.82, 2.24) is 9.36 Å². The van der Waals surface area contributed by atoms with E-state index in [2.05, 4.69) is 14.1 Å². The Morgan fingerprint density at radius 1 is 1.26 bits per heavy atom. The maximum Gasteiger partial charge on any atom is 0.573 e. The zero-order chi connectivity index (χ0) is 13.9. The molecule has 0 unspecified atom stereocenters. The number of halogens is 3. The van der Waals surface area contributed by atoms with Crippen molar-refractivity contribution in [2.45, 2.75) is 13.0 Å². The number of benzene rings is 1. The molecule has 0 bridgehead atoms. The molecule has 1 aromatic carbocycles. The Kier molecular flexibility index (Phi) is 4.05. The molecule has 1 N–H and O–H groups in total. The van der Waals surface area contributed by atoms with E-state index in [1.165, 1.54) is 24.3 Å². The molecule has 9 heteroatoms. The first-order chi connectivity index (χ1) is 8.92. The molecule has 4 nitrogen and oxygen atoms in total. The number of aromatic amines is 1. The van der Waals surface area contributed by atoms with Gasteiger partial charge in [-0.25, -0.2) is 0 Å². The average molecular weight is 308 g/mol. The lowest BCUT2D eigenvalue weighted by atomic mass is 10.2. The molecular weight excluding hydrogens is 301 g/mol. The Hall–Kier alpha value is -1.61. The minimum absolute atomic E-state index is 0.183. The fourth-order valence-electron chi connectivity index (χ4n) is 1.21. The Balaban J connectivity index is 1.93. The first kappa shape index (κ1) is 13.8. The topological polar surface area (TPSA) is 47.1 Å². The molecule has 0 saturated carbocycles. The lowest BCUT2D eigenvalue weighted by Crippen LogP contribution is -2.17. The number of hydrogen-bond donors (Lipinski definition) is 1. The minimum atomic E-state index is -4.69. The van der Waals surface area contributed by atoms with Crippen LogP contribution in [0.3, 0.4) is 0 Å². The van der Waals surface area contributed by atoms with E-state index in [9.17, 15) is 13.2 Å². The van der Waals surface area contributed by atoms with Crippen molar-refractivity contribution < 1.29 is 22.6 Å². The summed E-state index contributed by atoms with van der Waals surface area (Å²) in [4.78, 5) is 3.87. The molecule has 0 aliphatic rings. The van der Waals surface area contributed by atoms with Crippen LogP contribution in [0.4, 0.5) is 13.2 Å². The van der Waals surface area contributed by atoms with Gasteiger partial charge in [0.05, 0.1) is 0 Å². The van der Waals surface area contributed by atoms with Gasteiger partial charge >= 0.3 is 6.36 Å². The molecule has 1 heterocycles. The summed E-state index contributed by atoms with van der Waals surface area (Å²) < 4.78 is 47.9. The number of alkyl halides is 3. The SMILES string of the molecule is FC(F)(F)Oc1ccc(COc2nc(=S)[nH]s2)cc1. The molecule has 0 spiro atoms. The molecule has 1 aromatic heterocycles. The van der Waals surface area contributed by atoms with Crippen LogP contribution in [-0.2, 0) is 6.61 Å². The van der Waals surface area contributed by atoms with E-state index in [1.807, 2.05) is 0 Å². The van der Waals surface area contributed by atoms with Crippen LogP contribution in [0.25, 0.3) is 0 Å². The van der Waals surface area contributed by atoms with Gasteiger partial charge in [-0.3, -0.25) is 4.37 Å². The van der Waals surface area contributed by atoms with Crippen LogP contribution in [0, 0.1) is 4.77 Å². The number of nitrogens with one attached hydrogen (secondary N) is 1. The summed E-state index contributed by atoms with van der Waals surface area (Å²) in [6.45, 7) is 0.183. The molecule has 0 atom stereocenters. The molecule has 19 heavy (non-hydrogen) atoms. The maximum absolute atomic E-state index is 11.9. The predicted octanol–water partition coefficient (Wildman–Crippen LogP) is 3.68. The molecule has 2 aromatic rings. The van der Waals surface area contributed by atoms with Crippen LogP contribution in [0.5, 0.6) is 10.9 Å². The van der Waals surface area contributed by atoms with Gasteiger partial charge in [0.2, 0.25) is 4.77 Å². The summed E-state index contributed by atoms with van der Waals surface area (Å²) in [6, 6.07) is 5.40. The Bertz CT molecular complexity index is 592. The second-order valence-corrected chi connectivity index (χ2v) is 4.51. The largest absolute Gasteiger partial charge is 0.573 e. The highest BCUT2D eigenvalue weighted by Gasteiger charge is 2.30. The van der Waals surface area contributed by atoms with E-state index in [-0.39, 0.29) is 12.4 Å². The van der Waals surface area contributed by atoms with Crippen LogP contribution in [-0.4, -0.2) is 15.7 Å². The van der Waals surface area contributed by atoms with E-state index in [0.717, 1.165) is 11.5 Å². The normalized spacial score (nSPS) is 11.3. The van der Waals surface area contributed by atoms with E-state index in [0.29, 0.717) is 15.5 Å². The quantitative estimate of drug-likeness (QED) is 0.875. The van der Waals surface area contributed by atoms with Crippen molar-refractivity contribution >= 4 is 23.8 Å². The van der Waals surface area contributed by atoms with Gasteiger partial charge in [0, 0.05) is 0 Å². The highest BCUT2D eigenvalue weighted by molar-refractivity contribution is 7.71. The standard InChI is InChI=1S/C10H7F3N2O2S2/c11-10(12,13)17-7-3-1-6(2-4-7)5-16-9-14-8(18)15-19-9/h1-4H,5H2,(H,15,18). The van der Waals surface area contributed by atoms with Crippen molar-refractivity contribution in [3.05, 3.63) is 34.6 Å². The fraction of sp³-hybridized carbons (Fsp3) is 0.200. The predicted molar refractivity (Wildman–Crippen MR) is 64.8 cm³/mol. The first-order valence-corrected chi connectivity index (χ1v) is 6.18. The van der Waals surface area contributed by atoms with Gasteiger partial charge < -0.3 is 9.47 Å². The van der Waals surface area contributed by atoms with Gasteiger partial charge in [-0.1, -0.05) is 12.1 Å². The number of ether oxygens (including phenoxy) is 2. The Labute approximate surface area is 115 Å². The van der Waals surface area contributed by atoms with Gasteiger partial charge in [0.15, 0.2) is 0 Å². The molecule has 0 aliphatic carbocycles. The number of nitrogens with zero attached hydrogens (tertiary/aromatic N) is 1. The monoisotopic (exact) mass is 308 g/mol. The fourth-order valence-corrected chi connectivity index (χ4v) is 1.95. The number of rotatable bonds is 4. The van der Waals surface area contributed by atoms with Crippen LogP contribution in [0.2, 0.25) is 0 Å².